The number of hydrogen-bond acceptors (Lipinski definition) is 4. The van der Waals surface area contributed by atoms with E-state index in [0.717, 1.165) is 36.9 Å². The highest BCUT2D eigenvalue weighted by Crippen LogP contribution is 2.12. The van der Waals surface area contributed by atoms with Crippen LogP contribution in [-0.2, 0) is 11.3 Å². The van der Waals surface area contributed by atoms with Gasteiger partial charge in [0.2, 0.25) is 0 Å². The van der Waals surface area contributed by atoms with Crippen molar-refractivity contribution in [1.29, 1.82) is 0 Å². The molecule has 0 N–H and O–H groups in total. The summed E-state index contributed by atoms with van der Waals surface area (Å²) >= 11 is 7.44. The average Bonchev–Trinajstić information content (AvgIpc) is 2.86. The number of aromatic nitrogens is 2. The standard InChI is InChI=1S/C11H16ClN3OS/c1-16-6-4-14(3-2-12)8-10-9-15-5-7-17-11(15)13-10/h5,7,9H,2-4,6,8H2,1H3. The molecule has 0 aromatic carbocycles. The predicted octanol–water partition coefficient (Wildman–Crippen LogP) is 2.08. The molecule has 0 spiro atoms. The van der Waals surface area contributed by atoms with Gasteiger partial charge in [0, 0.05) is 50.4 Å². The summed E-state index contributed by atoms with van der Waals surface area (Å²) in [6.45, 7) is 3.29. The van der Waals surface area contributed by atoms with Gasteiger partial charge in [-0.3, -0.25) is 9.30 Å². The van der Waals surface area contributed by atoms with Crippen LogP contribution in [0.15, 0.2) is 17.8 Å². The van der Waals surface area contributed by atoms with Gasteiger partial charge in [0.1, 0.15) is 0 Å². The fourth-order valence-electron chi connectivity index (χ4n) is 1.69. The van der Waals surface area contributed by atoms with Crippen LogP contribution in [0.25, 0.3) is 4.96 Å². The van der Waals surface area contributed by atoms with Gasteiger partial charge >= 0.3 is 0 Å². The van der Waals surface area contributed by atoms with E-state index in [1.165, 1.54) is 0 Å². The van der Waals surface area contributed by atoms with Gasteiger partial charge in [-0.2, -0.15) is 0 Å². The predicted molar refractivity (Wildman–Crippen MR) is 70.9 cm³/mol. The maximum absolute atomic E-state index is 5.79. The van der Waals surface area contributed by atoms with Crippen LogP contribution in [0.4, 0.5) is 0 Å². The molecule has 2 aromatic rings. The summed E-state index contributed by atoms with van der Waals surface area (Å²) < 4.78 is 7.14. The minimum Gasteiger partial charge on any atom is -0.383 e. The van der Waals surface area contributed by atoms with Crippen LogP contribution >= 0.6 is 22.9 Å². The average molecular weight is 274 g/mol. The Bertz CT molecular complexity index is 428. The van der Waals surface area contributed by atoms with Crippen molar-refractivity contribution in [3.63, 3.8) is 0 Å². The van der Waals surface area contributed by atoms with Crippen molar-refractivity contribution in [2.45, 2.75) is 6.54 Å². The number of imidazole rings is 1. The lowest BCUT2D eigenvalue weighted by Gasteiger charge is -2.19. The Hall–Kier alpha value is -0.620. The van der Waals surface area contributed by atoms with Crippen LogP contribution < -0.4 is 0 Å². The molecule has 0 saturated heterocycles. The number of thiazole rings is 1. The molecular formula is C11H16ClN3OS. The molecule has 2 aromatic heterocycles. The molecule has 0 aliphatic heterocycles. The third kappa shape index (κ3) is 3.42. The number of methoxy groups -OCH3 is 1. The molecule has 2 heterocycles. The number of hydrogen-bond donors (Lipinski definition) is 0. The lowest BCUT2D eigenvalue weighted by molar-refractivity contribution is 0.147. The second-order valence-corrected chi connectivity index (χ2v) is 5.03. The highest BCUT2D eigenvalue weighted by molar-refractivity contribution is 7.15. The second-order valence-electron chi connectivity index (χ2n) is 3.78. The molecule has 2 rings (SSSR count). The molecule has 6 heteroatoms. The van der Waals surface area contributed by atoms with E-state index >= 15 is 0 Å². The highest BCUT2D eigenvalue weighted by atomic mass is 35.5. The van der Waals surface area contributed by atoms with Crippen molar-refractivity contribution >= 4 is 27.9 Å². The van der Waals surface area contributed by atoms with E-state index in [1.54, 1.807) is 18.4 Å². The Balaban J connectivity index is 1.98. The smallest absolute Gasteiger partial charge is 0.193 e. The van der Waals surface area contributed by atoms with Crippen LogP contribution in [0.3, 0.4) is 0 Å². The minimum absolute atomic E-state index is 0.631. The van der Waals surface area contributed by atoms with Gasteiger partial charge in [-0.25, -0.2) is 4.98 Å². The van der Waals surface area contributed by atoms with Gasteiger partial charge < -0.3 is 4.74 Å². The molecule has 0 amide bonds. The first kappa shape index (κ1) is 12.8. The molecule has 0 aliphatic carbocycles. The van der Waals surface area contributed by atoms with Gasteiger partial charge in [-0.1, -0.05) is 0 Å². The fourth-order valence-corrected chi connectivity index (χ4v) is 2.65. The zero-order chi connectivity index (χ0) is 12.1. The molecule has 17 heavy (non-hydrogen) atoms. The first-order valence-corrected chi connectivity index (χ1v) is 6.93. The fraction of sp³-hybridized carbons (Fsp3) is 0.545. The maximum atomic E-state index is 5.79. The first-order valence-electron chi connectivity index (χ1n) is 5.52. The summed E-state index contributed by atoms with van der Waals surface area (Å²) in [6.07, 6.45) is 4.09. The maximum Gasteiger partial charge on any atom is 0.193 e. The molecule has 4 nitrogen and oxygen atoms in total. The molecule has 0 bridgehead atoms. The number of alkyl halides is 1. The van der Waals surface area contributed by atoms with Crippen molar-refractivity contribution in [2.24, 2.45) is 0 Å². The molecule has 0 radical (unpaired) electrons. The highest BCUT2D eigenvalue weighted by Gasteiger charge is 2.08. The topological polar surface area (TPSA) is 29.8 Å². The Morgan fingerprint density at radius 3 is 3.12 bits per heavy atom. The van der Waals surface area contributed by atoms with Crippen LogP contribution in [0, 0.1) is 0 Å². The molecule has 0 unspecified atom stereocenters. The molecule has 0 fully saturated rings. The number of rotatable bonds is 7. The zero-order valence-corrected chi connectivity index (χ0v) is 11.4. The van der Waals surface area contributed by atoms with E-state index in [4.69, 9.17) is 16.3 Å². The van der Waals surface area contributed by atoms with E-state index in [1.807, 2.05) is 11.6 Å². The Morgan fingerprint density at radius 1 is 1.53 bits per heavy atom. The monoisotopic (exact) mass is 273 g/mol. The van der Waals surface area contributed by atoms with Gasteiger partial charge in [-0.05, 0) is 0 Å². The summed E-state index contributed by atoms with van der Waals surface area (Å²) in [5, 5.41) is 2.04. The van der Waals surface area contributed by atoms with Gasteiger partial charge in [-0.15, -0.1) is 22.9 Å². The quantitative estimate of drug-likeness (QED) is 0.724. The van der Waals surface area contributed by atoms with Crippen LogP contribution in [0.2, 0.25) is 0 Å². The molecule has 0 saturated carbocycles. The van der Waals surface area contributed by atoms with E-state index in [9.17, 15) is 0 Å². The molecule has 94 valence electrons. The van der Waals surface area contributed by atoms with Gasteiger partial charge in [0.25, 0.3) is 0 Å². The van der Waals surface area contributed by atoms with E-state index in [-0.39, 0.29) is 0 Å². The summed E-state index contributed by atoms with van der Waals surface area (Å²) in [6, 6.07) is 0. The van der Waals surface area contributed by atoms with Crippen LogP contribution in [0.1, 0.15) is 5.69 Å². The van der Waals surface area contributed by atoms with Crippen molar-refractivity contribution in [3.05, 3.63) is 23.5 Å². The number of ether oxygens (including phenoxy) is 1. The summed E-state index contributed by atoms with van der Waals surface area (Å²) in [5.74, 6) is 0.631. The number of halogens is 1. The first-order chi connectivity index (χ1) is 8.33. The van der Waals surface area contributed by atoms with Crippen molar-refractivity contribution in [2.75, 3.05) is 32.7 Å². The third-order valence-electron chi connectivity index (χ3n) is 2.54. The summed E-state index contributed by atoms with van der Waals surface area (Å²) in [7, 11) is 1.71. The van der Waals surface area contributed by atoms with Crippen molar-refractivity contribution in [3.8, 4) is 0 Å². The molecule has 0 aliphatic rings. The minimum atomic E-state index is 0.631. The lowest BCUT2D eigenvalue weighted by atomic mass is 10.4. The number of nitrogens with zero attached hydrogens (tertiary/aromatic N) is 3. The second kappa shape index (κ2) is 6.35. The van der Waals surface area contributed by atoms with E-state index in [0.29, 0.717) is 5.88 Å². The summed E-state index contributed by atoms with van der Waals surface area (Å²) in [4.78, 5) is 7.85. The van der Waals surface area contributed by atoms with Gasteiger partial charge in [0.15, 0.2) is 4.96 Å². The van der Waals surface area contributed by atoms with Crippen molar-refractivity contribution in [1.82, 2.24) is 14.3 Å². The SMILES string of the molecule is COCCN(CCCl)Cc1cn2ccsc2n1. The summed E-state index contributed by atoms with van der Waals surface area (Å²) in [5.41, 5.74) is 1.08. The van der Waals surface area contributed by atoms with Crippen molar-refractivity contribution < 1.29 is 4.74 Å². The largest absolute Gasteiger partial charge is 0.383 e. The van der Waals surface area contributed by atoms with E-state index < -0.39 is 0 Å². The zero-order valence-electron chi connectivity index (χ0n) is 9.80. The van der Waals surface area contributed by atoms with E-state index in [2.05, 4.69) is 20.5 Å². The Morgan fingerprint density at radius 2 is 2.41 bits per heavy atom. The third-order valence-corrected chi connectivity index (χ3v) is 3.48. The lowest BCUT2D eigenvalue weighted by Crippen LogP contribution is -2.29. The Labute approximate surface area is 110 Å². The Kier molecular flexibility index (Phi) is 4.79. The van der Waals surface area contributed by atoms with Crippen LogP contribution in [-0.4, -0.2) is 47.0 Å². The normalized spacial score (nSPS) is 11.7. The van der Waals surface area contributed by atoms with Crippen LogP contribution in [0.5, 0.6) is 0 Å². The molecular weight excluding hydrogens is 258 g/mol. The van der Waals surface area contributed by atoms with Gasteiger partial charge in [0.05, 0.1) is 12.3 Å². The molecule has 0 atom stereocenters. The number of fused-ring (bicyclic) bond motifs is 1.